The molecule has 0 rings (SSSR count). The summed E-state index contributed by atoms with van der Waals surface area (Å²) < 4.78 is 35.3. The van der Waals surface area contributed by atoms with Gasteiger partial charge in [0.1, 0.15) is 5.76 Å². The van der Waals surface area contributed by atoms with Crippen LogP contribution in [0.4, 0.5) is 13.2 Å². The molecule has 0 bridgehead atoms. The van der Waals surface area contributed by atoms with Crippen LogP contribution in [0.5, 0.6) is 0 Å². The fourth-order valence-electron chi connectivity index (χ4n) is 0.713. The third-order valence-corrected chi connectivity index (χ3v) is 1.50. The number of carbonyl (C=O) groups excluding carboxylic acids is 1. The van der Waals surface area contributed by atoms with Gasteiger partial charge in [-0.1, -0.05) is 24.8 Å². The molecule has 0 aromatic carbocycles. The van der Waals surface area contributed by atoms with Crippen LogP contribution >= 0.6 is 0 Å². The highest BCUT2D eigenvalue weighted by atomic mass is 19.4. The lowest BCUT2D eigenvalue weighted by molar-refractivity contribution is -0.170. The maximum Gasteiger partial charge on any atom is 0.449 e. The van der Waals surface area contributed by atoms with Gasteiger partial charge in [0.15, 0.2) is 0 Å². The van der Waals surface area contributed by atoms with Crippen molar-refractivity contribution in [2.45, 2.75) is 19.0 Å². The lowest BCUT2D eigenvalue weighted by Gasteiger charge is -2.04. The van der Waals surface area contributed by atoms with E-state index in [2.05, 4.69) is 13.2 Å². The van der Waals surface area contributed by atoms with Crippen molar-refractivity contribution >= 4 is 5.78 Å². The van der Waals surface area contributed by atoms with Crippen LogP contribution in [0.2, 0.25) is 0 Å². The van der Waals surface area contributed by atoms with Crippen LogP contribution < -0.4 is 0 Å². The Morgan fingerprint density at radius 2 is 1.73 bits per heavy atom. The number of halogens is 3. The van der Waals surface area contributed by atoms with Gasteiger partial charge in [0.25, 0.3) is 0 Å². The van der Waals surface area contributed by atoms with Crippen molar-refractivity contribution in [2.75, 3.05) is 0 Å². The predicted molar refractivity (Wildman–Crippen MR) is 50.3 cm³/mol. The molecule has 0 amide bonds. The first-order chi connectivity index (χ1) is 6.73. The van der Waals surface area contributed by atoms with Crippen molar-refractivity contribution in [3.63, 3.8) is 0 Å². The number of ketones is 1. The molecule has 0 saturated heterocycles. The number of rotatable bonds is 5. The molecule has 0 aromatic rings. The van der Waals surface area contributed by atoms with Crippen molar-refractivity contribution in [2.24, 2.45) is 0 Å². The molecule has 2 nitrogen and oxygen atoms in total. The second kappa shape index (κ2) is 5.38. The normalized spacial score (nSPS) is 11.7. The van der Waals surface area contributed by atoms with Gasteiger partial charge in [-0.25, -0.2) is 0 Å². The van der Waals surface area contributed by atoms with Gasteiger partial charge >= 0.3 is 6.18 Å². The molecule has 84 valence electrons. The Labute approximate surface area is 85.4 Å². The maximum atomic E-state index is 11.8. The Bertz CT molecular complexity index is 300. The van der Waals surface area contributed by atoms with E-state index in [1.54, 1.807) is 0 Å². The summed E-state index contributed by atoms with van der Waals surface area (Å²) in [6, 6.07) is 0. The molecule has 0 heterocycles. The van der Waals surface area contributed by atoms with E-state index in [4.69, 9.17) is 5.11 Å². The van der Waals surface area contributed by atoms with Gasteiger partial charge in [0.2, 0.25) is 5.78 Å². The molecular formula is C10H11F3O2. The van der Waals surface area contributed by atoms with Gasteiger partial charge in [-0.2, -0.15) is 13.2 Å². The number of carbonyl (C=O) groups is 1. The fraction of sp³-hybridized carbons (Fsp3) is 0.300. The maximum absolute atomic E-state index is 11.8. The molecule has 0 radical (unpaired) electrons. The minimum Gasteiger partial charge on any atom is -0.509 e. The summed E-state index contributed by atoms with van der Waals surface area (Å²) >= 11 is 0. The third kappa shape index (κ3) is 6.54. The fourth-order valence-corrected chi connectivity index (χ4v) is 0.713. The Kier molecular flexibility index (Phi) is 4.84. The SMILES string of the molecule is C=C(O)/C=C\C(=C)CCC(=O)C(F)(F)F. The average molecular weight is 220 g/mol. The van der Waals surface area contributed by atoms with Crippen LogP contribution in [0, 0.1) is 0 Å². The van der Waals surface area contributed by atoms with Gasteiger partial charge in [-0.15, -0.1) is 0 Å². The van der Waals surface area contributed by atoms with Crippen LogP contribution in [-0.2, 0) is 4.79 Å². The van der Waals surface area contributed by atoms with E-state index in [9.17, 15) is 18.0 Å². The minimum absolute atomic E-state index is 0.0951. The zero-order chi connectivity index (χ0) is 12.1. The largest absolute Gasteiger partial charge is 0.509 e. The summed E-state index contributed by atoms with van der Waals surface area (Å²) in [7, 11) is 0. The molecule has 0 spiro atoms. The summed E-state index contributed by atoms with van der Waals surface area (Å²) in [5.41, 5.74) is 0.322. The van der Waals surface area contributed by atoms with Gasteiger partial charge in [0.05, 0.1) is 0 Å². The molecule has 15 heavy (non-hydrogen) atoms. The van der Waals surface area contributed by atoms with E-state index in [0.717, 1.165) is 0 Å². The monoisotopic (exact) mass is 220 g/mol. The topological polar surface area (TPSA) is 37.3 Å². The molecular weight excluding hydrogens is 209 g/mol. The number of aliphatic hydroxyl groups excluding tert-OH is 1. The van der Waals surface area contributed by atoms with E-state index in [0.29, 0.717) is 5.57 Å². The molecule has 0 aromatic heterocycles. The van der Waals surface area contributed by atoms with E-state index in [-0.39, 0.29) is 12.2 Å². The Hall–Kier alpha value is -1.52. The van der Waals surface area contributed by atoms with Crippen molar-refractivity contribution in [1.29, 1.82) is 0 Å². The number of hydrogen-bond donors (Lipinski definition) is 1. The van der Waals surface area contributed by atoms with Gasteiger partial charge in [-0.05, 0) is 12.5 Å². The summed E-state index contributed by atoms with van der Waals surface area (Å²) in [4.78, 5) is 10.5. The van der Waals surface area contributed by atoms with Gasteiger partial charge < -0.3 is 5.11 Å². The zero-order valence-electron chi connectivity index (χ0n) is 7.97. The molecule has 0 aliphatic carbocycles. The molecule has 0 saturated carbocycles. The first kappa shape index (κ1) is 13.5. The first-order valence-electron chi connectivity index (χ1n) is 4.07. The summed E-state index contributed by atoms with van der Waals surface area (Å²) in [5.74, 6) is -2.00. The number of hydrogen-bond acceptors (Lipinski definition) is 2. The lowest BCUT2D eigenvalue weighted by Crippen LogP contribution is -2.22. The zero-order valence-corrected chi connectivity index (χ0v) is 7.97. The van der Waals surface area contributed by atoms with Gasteiger partial charge in [0, 0.05) is 6.42 Å². The Morgan fingerprint density at radius 3 is 2.13 bits per heavy atom. The third-order valence-electron chi connectivity index (χ3n) is 1.50. The molecule has 5 heteroatoms. The van der Waals surface area contributed by atoms with E-state index >= 15 is 0 Å². The van der Waals surface area contributed by atoms with Crippen molar-refractivity contribution < 1.29 is 23.1 Å². The highest BCUT2D eigenvalue weighted by Gasteiger charge is 2.37. The lowest BCUT2D eigenvalue weighted by atomic mass is 10.1. The Balaban J connectivity index is 4.03. The number of aliphatic hydroxyl groups is 1. The number of Topliss-reactive ketones (excluding diaryl/α,β-unsaturated/α-hetero) is 1. The second-order valence-corrected chi connectivity index (χ2v) is 2.90. The highest BCUT2D eigenvalue weighted by molar-refractivity contribution is 5.84. The summed E-state index contributed by atoms with van der Waals surface area (Å²) in [6.45, 7) is 6.56. The van der Waals surface area contributed by atoms with Crippen LogP contribution in [-0.4, -0.2) is 17.1 Å². The second-order valence-electron chi connectivity index (χ2n) is 2.90. The number of allylic oxidation sites excluding steroid dienone is 3. The smallest absolute Gasteiger partial charge is 0.449 e. The van der Waals surface area contributed by atoms with Crippen LogP contribution in [0.1, 0.15) is 12.8 Å². The molecule has 1 N–H and O–H groups in total. The van der Waals surface area contributed by atoms with E-state index in [1.807, 2.05) is 0 Å². The van der Waals surface area contributed by atoms with Crippen LogP contribution in [0.15, 0.2) is 36.6 Å². The number of alkyl halides is 3. The van der Waals surface area contributed by atoms with Crippen molar-refractivity contribution in [3.05, 3.63) is 36.6 Å². The summed E-state index contributed by atoms with van der Waals surface area (Å²) in [6.07, 6.45) is -3.01. The molecule has 0 fully saturated rings. The molecule has 0 aliphatic heterocycles. The highest BCUT2D eigenvalue weighted by Crippen LogP contribution is 2.20. The predicted octanol–water partition coefficient (Wildman–Crippen LogP) is 3.08. The van der Waals surface area contributed by atoms with Crippen molar-refractivity contribution in [1.82, 2.24) is 0 Å². The standard InChI is InChI=1S/C10H11F3O2/c1-7(3-5-8(2)14)4-6-9(15)10(11,12)13/h3,5,14H,1-2,4,6H2/b5-3-. The summed E-state index contributed by atoms with van der Waals surface area (Å²) in [5, 5.41) is 8.64. The quantitative estimate of drug-likeness (QED) is 0.571. The molecule has 0 unspecified atom stereocenters. The Morgan fingerprint density at radius 1 is 1.20 bits per heavy atom. The van der Waals surface area contributed by atoms with Crippen LogP contribution in [0.3, 0.4) is 0 Å². The first-order valence-corrected chi connectivity index (χ1v) is 4.07. The van der Waals surface area contributed by atoms with E-state index < -0.39 is 18.4 Å². The van der Waals surface area contributed by atoms with Gasteiger partial charge in [-0.3, -0.25) is 4.79 Å². The average Bonchev–Trinajstić information content (AvgIpc) is 2.09. The molecule has 0 aliphatic rings. The van der Waals surface area contributed by atoms with Crippen molar-refractivity contribution in [3.8, 4) is 0 Å². The minimum atomic E-state index is -4.79. The van der Waals surface area contributed by atoms with Crippen LogP contribution in [0.25, 0.3) is 0 Å². The molecule has 0 atom stereocenters. The van der Waals surface area contributed by atoms with E-state index in [1.165, 1.54) is 12.2 Å².